The fraction of sp³-hybridized carbons (Fsp3) is 0.963. The van der Waals surface area contributed by atoms with Gasteiger partial charge in [0.05, 0.1) is 17.6 Å². The van der Waals surface area contributed by atoms with Crippen molar-refractivity contribution in [3.05, 3.63) is 0 Å². The van der Waals surface area contributed by atoms with E-state index in [1.165, 1.54) is 103 Å². The van der Waals surface area contributed by atoms with Crippen molar-refractivity contribution in [2.75, 3.05) is 6.61 Å². The lowest BCUT2D eigenvalue weighted by molar-refractivity contribution is -0.0135. The molecule has 0 atom stereocenters. The number of hydrogen-bond acceptors (Lipinski definition) is 2. The van der Waals surface area contributed by atoms with Crippen LogP contribution in [-0.2, 0) is 4.74 Å². The van der Waals surface area contributed by atoms with Gasteiger partial charge in [0.1, 0.15) is 0 Å². The Bertz CT molecular complexity index is 438. The summed E-state index contributed by atoms with van der Waals surface area (Å²) in [7, 11) is 0. The molecule has 0 radical (unpaired) electrons. The molecule has 0 heterocycles. The van der Waals surface area contributed by atoms with Crippen LogP contribution in [0.4, 0.5) is 0 Å². The molecule has 168 valence electrons. The Kier molecular flexibility index (Phi) is 12.3. The topological polar surface area (TPSA) is 33.0 Å². The van der Waals surface area contributed by atoms with Gasteiger partial charge in [0.15, 0.2) is 0 Å². The van der Waals surface area contributed by atoms with Crippen LogP contribution in [0, 0.1) is 28.6 Å². The molecule has 2 nitrogen and oxygen atoms in total. The molecule has 2 heteroatoms. The third kappa shape index (κ3) is 9.42. The Labute approximate surface area is 182 Å². The maximum atomic E-state index is 9.80. The molecule has 2 aliphatic rings. The van der Waals surface area contributed by atoms with Crippen molar-refractivity contribution in [2.24, 2.45) is 17.3 Å². The molecule has 29 heavy (non-hydrogen) atoms. The first kappa shape index (κ1) is 24.7. The number of nitrogens with zero attached hydrogens (tertiary/aromatic N) is 1. The fourth-order valence-corrected chi connectivity index (χ4v) is 5.60. The van der Waals surface area contributed by atoms with E-state index in [1.54, 1.807) is 0 Å². The lowest BCUT2D eigenvalue weighted by atomic mass is 9.69. The molecule has 0 aromatic rings. The largest absolute Gasteiger partial charge is 0.378 e. The quantitative estimate of drug-likeness (QED) is 0.272. The van der Waals surface area contributed by atoms with Crippen molar-refractivity contribution in [3.8, 4) is 6.07 Å². The highest BCUT2D eigenvalue weighted by Crippen LogP contribution is 2.42. The third-order valence-corrected chi connectivity index (χ3v) is 7.89. The van der Waals surface area contributed by atoms with Gasteiger partial charge in [0.25, 0.3) is 0 Å². The minimum absolute atomic E-state index is 0.0153. The second kappa shape index (κ2) is 14.5. The van der Waals surface area contributed by atoms with Gasteiger partial charge in [-0.05, 0) is 69.6 Å². The summed E-state index contributed by atoms with van der Waals surface area (Å²) in [5, 5.41) is 9.80. The highest BCUT2D eigenvalue weighted by atomic mass is 16.5. The predicted molar refractivity (Wildman–Crippen MR) is 124 cm³/mol. The van der Waals surface area contributed by atoms with E-state index in [9.17, 15) is 5.26 Å². The van der Waals surface area contributed by atoms with Gasteiger partial charge >= 0.3 is 0 Å². The third-order valence-electron chi connectivity index (χ3n) is 7.89. The minimum Gasteiger partial charge on any atom is -0.378 e. The lowest BCUT2D eigenvalue weighted by Crippen LogP contribution is -2.30. The zero-order valence-electron chi connectivity index (χ0n) is 19.7. The van der Waals surface area contributed by atoms with Gasteiger partial charge in [-0.1, -0.05) is 78.1 Å². The van der Waals surface area contributed by atoms with E-state index < -0.39 is 0 Å². The van der Waals surface area contributed by atoms with Crippen LogP contribution in [0.3, 0.4) is 0 Å². The molecule has 0 aliphatic heterocycles. The van der Waals surface area contributed by atoms with Gasteiger partial charge in [-0.3, -0.25) is 0 Å². The molecule has 0 amide bonds. The molecular weight excluding hydrogens is 354 g/mol. The molecule has 2 aliphatic carbocycles. The molecule has 2 saturated carbocycles. The zero-order valence-corrected chi connectivity index (χ0v) is 19.7. The molecule has 0 spiro atoms. The Morgan fingerprint density at radius 2 is 1.38 bits per heavy atom. The molecule has 0 aromatic carbocycles. The Hall–Kier alpha value is -0.550. The Balaban J connectivity index is 1.56. The monoisotopic (exact) mass is 403 g/mol. The number of rotatable bonds is 14. The fourth-order valence-electron chi connectivity index (χ4n) is 5.60. The average molecular weight is 404 g/mol. The molecule has 0 N–H and O–H groups in total. The van der Waals surface area contributed by atoms with E-state index in [1.807, 2.05) is 0 Å². The second-order valence-corrected chi connectivity index (χ2v) is 10.3. The summed E-state index contributed by atoms with van der Waals surface area (Å²) < 4.78 is 6.36. The van der Waals surface area contributed by atoms with Gasteiger partial charge in [-0.2, -0.15) is 5.26 Å². The van der Waals surface area contributed by atoms with E-state index in [-0.39, 0.29) is 5.41 Å². The summed E-state index contributed by atoms with van der Waals surface area (Å²) in [4.78, 5) is 0. The number of ether oxygens (including phenoxy) is 1. The van der Waals surface area contributed by atoms with Gasteiger partial charge in [0, 0.05) is 6.61 Å². The Morgan fingerprint density at radius 1 is 0.759 bits per heavy atom. The van der Waals surface area contributed by atoms with E-state index >= 15 is 0 Å². The maximum absolute atomic E-state index is 9.80. The van der Waals surface area contributed by atoms with Crippen molar-refractivity contribution in [3.63, 3.8) is 0 Å². The van der Waals surface area contributed by atoms with Gasteiger partial charge < -0.3 is 4.74 Å². The molecule has 2 fully saturated rings. The summed E-state index contributed by atoms with van der Waals surface area (Å²) in [6.45, 7) is 5.51. The standard InChI is InChI=1S/C27H49NO/c1-3-5-7-9-11-19-27(23-28)20-17-25(18-21-27)22-29-26-15-13-24(14-16-26)12-10-8-6-4-2/h24-26H,3-22H2,1-2H3/t24-,25-,26-,27-. The molecule has 0 saturated heterocycles. The van der Waals surface area contributed by atoms with Crippen LogP contribution in [0.25, 0.3) is 0 Å². The van der Waals surface area contributed by atoms with Crippen LogP contribution in [-0.4, -0.2) is 12.7 Å². The van der Waals surface area contributed by atoms with Crippen LogP contribution in [0.15, 0.2) is 0 Å². The number of hydrogen-bond donors (Lipinski definition) is 0. The number of unbranched alkanes of at least 4 members (excludes halogenated alkanes) is 7. The lowest BCUT2D eigenvalue weighted by Gasteiger charge is -2.36. The molecular formula is C27H49NO. The van der Waals surface area contributed by atoms with Crippen molar-refractivity contribution in [1.82, 2.24) is 0 Å². The van der Waals surface area contributed by atoms with E-state index in [0.717, 1.165) is 31.8 Å². The molecule has 0 unspecified atom stereocenters. The van der Waals surface area contributed by atoms with E-state index in [2.05, 4.69) is 19.9 Å². The molecule has 0 bridgehead atoms. The summed E-state index contributed by atoms with van der Waals surface area (Å²) >= 11 is 0. The van der Waals surface area contributed by atoms with Crippen LogP contribution in [0.1, 0.15) is 136 Å². The maximum Gasteiger partial charge on any atom is 0.0689 e. The second-order valence-electron chi connectivity index (χ2n) is 10.3. The van der Waals surface area contributed by atoms with Crippen molar-refractivity contribution < 1.29 is 4.74 Å². The summed E-state index contributed by atoms with van der Waals surface area (Å²) in [5.41, 5.74) is -0.0153. The van der Waals surface area contributed by atoms with Gasteiger partial charge in [-0.25, -0.2) is 0 Å². The SMILES string of the molecule is CCCCCCC[C@]1(C#N)CC[C@H](CO[C@H]2CC[C@H](CCCCCC)CC2)CC1. The van der Waals surface area contributed by atoms with E-state index in [0.29, 0.717) is 12.0 Å². The summed E-state index contributed by atoms with van der Waals surface area (Å²) in [6.07, 6.45) is 25.2. The van der Waals surface area contributed by atoms with Gasteiger partial charge in [-0.15, -0.1) is 0 Å². The number of nitriles is 1. The van der Waals surface area contributed by atoms with Crippen LogP contribution in [0.5, 0.6) is 0 Å². The summed E-state index contributed by atoms with van der Waals surface area (Å²) in [5.74, 6) is 1.67. The smallest absolute Gasteiger partial charge is 0.0689 e. The molecule has 2 rings (SSSR count). The first-order valence-electron chi connectivity index (χ1n) is 13.2. The predicted octanol–water partition coefficient (Wildman–Crippen LogP) is 8.59. The highest BCUT2D eigenvalue weighted by molar-refractivity contribution is 5.01. The zero-order chi connectivity index (χ0) is 20.8. The van der Waals surface area contributed by atoms with Crippen LogP contribution >= 0.6 is 0 Å². The first-order valence-corrected chi connectivity index (χ1v) is 13.2. The van der Waals surface area contributed by atoms with Gasteiger partial charge in [0.2, 0.25) is 0 Å². The van der Waals surface area contributed by atoms with Crippen molar-refractivity contribution in [1.29, 1.82) is 5.26 Å². The Morgan fingerprint density at radius 3 is 2.00 bits per heavy atom. The minimum atomic E-state index is -0.0153. The van der Waals surface area contributed by atoms with E-state index in [4.69, 9.17) is 4.74 Å². The first-order chi connectivity index (χ1) is 14.2. The summed E-state index contributed by atoms with van der Waals surface area (Å²) in [6, 6.07) is 2.72. The van der Waals surface area contributed by atoms with Crippen molar-refractivity contribution >= 4 is 0 Å². The average Bonchev–Trinajstić information content (AvgIpc) is 2.77. The van der Waals surface area contributed by atoms with Crippen LogP contribution in [0.2, 0.25) is 0 Å². The normalized spacial score (nSPS) is 30.2. The molecule has 0 aromatic heterocycles. The van der Waals surface area contributed by atoms with Crippen LogP contribution < -0.4 is 0 Å². The highest BCUT2D eigenvalue weighted by Gasteiger charge is 2.35. The van der Waals surface area contributed by atoms with Crippen molar-refractivity contribution in [2.45, 2.75) is 142 Å².